The maximum Gasteiger partial charge on any atom is 0.227 e. The molecule has 5 nitrogen and oxygen atoms in total. The van der Waals surface area contributed by atoms with Crippen molar-refractivity contribution in [3.63, 3.8) is 0 Å². The van der Waals surface area contributed by atoms with Crippen LogP contribution in [0.15, 0.2) is 24.3 Å². The van der Waals surface area contributed by atoms with E-state index in [2.05, 4.69) is 0 Å². The average molecular weight is 394 g/mol. The first kappa shape index (κ1) is 21.6. The summed E-state index contributed by atoms with van der Waals surface area (Å²) < 4.78 is 23.4. The van der Waals surface area contributed by atoms with E-state index in [9.17, 15) is 18.0 Å². The third-order valence-corrected chi connectivity index (χ3v) is 7.72. The summed E-state index contributed by atoms with van der Waals surface area (Å²) in [4.78, 5) is 25.7. The van der Waals surface area contributed by atoms with Gasteiger partial charge in [-0.05, 0) is 57.7 Å². The maximum absolute atomic E-state index is 12.1. The van der Waals surface area contributed by atoms with E-state index in [1.165, 1.54) is 0 Å². The van der Waals surface area contributed by atoms with Gasteiger partial charge in [0, 0.05) is 31.5 Å². The molecule has 1 heterocycles. The summed E-state index contributed by atoms with van der Waals surface area (Å²) in [6.45, 7) is 5.92. The number of unbranched alkanes of at least 4 members (excludes halogenated alkanes) is 2. The highest BCUT2D eigenvalue weighted by Crippen LogP contribution is 2.22. The van der Waals surface area contributed by atoms with Crippen LogP contribution in [0.1, 0.15) is 64.9 Å². The monoisotopic (exact) mass is 393 g/mol. The standard InChI is InChI=1S/C21H31NO4S/c1-21(2,3)27(25,26)15-6-4-5-8-19(23)16-17-10-12-18(13-11-17)22-14-7-9-20(22)24/h10-13H,4-9,14-16H2,1-3H3. The number of hydrogen-bond donors (Lipinski definition) is 0. The topological polar surface area (TPSA) is 71.5 Å². The zero-order valence-electron chi connectivity index (χ0n) is 16.7. The molecule has 0 radical (unpaired) electrons. The van der Waals surface area contributed by atoms with Crippen molar-refractivity contribution in [1.29, 1.82) is 0 Å². The van der Waals surface area contributed by atoms with Crippen molar-refractivity contribution in [3.05, 3.63) is 29.8 Å². The highest BCUT2D eigenvalue weighted by Gasteiger charge is 2.28. The second-order valence-corrected chi connectivity index (χ2v) is 11.1. The first-order valence-corrected chi connectivity index (χ1v) is 11.4. The molecular formula is C21H31NO4S. The lowest BCUT2D eigenvalue weighted by Gasteiger charge is -2.18. The zero-order valence-corrected chi connectivity index (χ0v) is 17.5. The van der Waals surface area contributed by atoms with Crippen molar-refractivity contribution in [2.24, 2.45) is 0 Å². The van der Waals surface area contributed by atoms with E-state index in [-0.39, 0.29) is 17.4 Å². The van der Waals surface area contributed by atoms with E-state index < -0.39 is 14.6 Å². The maximum atomic E-state index is 12.1. The molecule has 1 fully saturated rings. The molecule has 0 atom stereocenters. The van der Waals surface area contributed by atoms with Gasteiger partial charge < -0.3 is 4.90 Å². The van der Waals surface area contributed by atoms with E-state index >= 15 is 0 Å². The van der Waals surface area contributed by atoms with Crippen LogP contribution >= 0.6 is 0 Å². The summed E-state index contributed by atoms with van der Waals surface area (Å²) >= 11 is 0. The number of benzene rings is 1. The van der Waals surface area contributed by atoms with Crippen LogP contribution in [-0.2, 0) is 25.8 Å². The predicted octanol–water partition coefficient (Wildman–Crippen LogP) is 3.70. The van der Waals surface area contributed by atoms with Crippen LogP contribution in [0.2, 0.25) is 0 Å². The average Bonchev–Trinajstić information content (AvgIpc) is 3.00. The third-order valence-electron chi connectivity index (χ3n) is 5.02. The lowest BCUT2D eigenvalue weighted by atomic mass is 10.0. The van der Waals surface area contributed by atoms with Crippen LogP contribution in [0.4, 0.5) is 5.69 Å². The second-order valence-electron chi connectivity index (χ2n) is 8.27. The number of carbonyl (C=O) groups is 2. The first-order chi connectivity index (χ1) is 12.6. The highest BCUT2D eigenvalue weighted by atomic mass is 32.2. The molecule has 1 aromatic carbocycles. The number of hydrogen-bond acceptors (Lipinski definition) is 4. The molecule has 0 N–H and O–H groups in total. The largest absolute Gasteiger partial charge is 0.312 e. The third kappa shape index (κ3) is 6.16. The van der Waals surface area contributed by atoms with Crippen molar-refractivity contribution < 1.29 is 18.0 Å². The molecule has 0 spiro atoms. The number of carbonyl (C=O) groups excluding carboxylic acids is 2. The van der Waals surface area contributed by atoms with Gasteiger partial charge in [-0.3, -0.25) is 9.59 Å². The Bertz CT molecular complexity index is 760. The fourth-order valence-electron chi connectivity index (χ4n) is 3.13. The molecule has 0 aromatic heterocycles. The fraction of sp³-hybridized carbons (Fsp3) is 0.619. The molecule has 1 aliphatic rings. The van der Waals surface area contributed by atoms with Crippen LogP contribution in [0.25, 0.3) is 0 Å². The normalized spacial score (nSPS) is 15.4. The number of ketones is 1. The van der Waals surface area contributed by atoms with Crippen LogP contribution in [0.3, 0.4) is 0 Å². The Balaban J connectivity index is 1.71. The Morgan fingerprint density at radius 2 is 1.74 bits per heavy atom. The number of amides is 1. The molecular weight excluding hydrogens is 362 g/mol. The molecule has 27 heavy (non-hydrogen) atoms. The van der Waals surface area contributed by atoms with Gasteiger partial charge in [-0.1, -0.05) is 18.6 Å². The van der Waals surface area contributed by atoms with Crippen LogP contribution in [0, 0.1) is 0 Å². The Morgan fingerprint density at radius 3 is 2.30 bits per heavy atom. The summed E-state index contributed by atoms with van der Waals surface area (Å²) in [5, 5.41) is 0. The highest BCUT2D eigenvalue weighted by molar-refractivity contribution is 7.92. The minimum Gasteiger partial charge on any atom is -0.312 e. The van der Waals surface area contributed by atoms with Gasteiger partial charge >= 0.3 is 0 Å². The van der Waals surface area contributed by atoms with Gasteiger partial charge in [0.25, 0.3) is 0 Å². The van der Waals surface area contributed by atoms with Crippen LogP contribution < -0.4 is 4.90 Å². The molecule has 0 unspecified atom stereocenters. The van der Waals surface area contributed by atoms with Gasteiger partial charge in [0.15, 0.2) is 9.84 Å². The number of nitrogens with zero attached hydrogens (tertiary/aromatic N) is 1. The molecule has 1 aliphatic heterocycles. The van der Waals surface area contributed by atoms with Gasteiger partial charge in [-0.2, -0.15) is 0 Å². The van der Waals surface area contributed by atoms with E-state index in [1.54, 1.807) is 25.7 Å². The van der Waals surface area contributed by atoms with Crippen LogP contribution in [-0.4, -0.2) is 37.2 Å². The lowest BCUT2D eigenvalue weighted by molar-refractivity contribution is -0.118. The van der Waals surface area contributed by atoms with Gasteiger partial charge in [0.1, 0.15) is 5.78 Å². The van der Waals surface area contributed by atoms with Crippen molar-refractivity contribution in [2.75, 3.05) is 17.2 Å². The molecule has 150 valence electrons. The number of sulfone groups is 1. The molecule has 6 heteroatoms. The van der Waals surface area contributed by atoms with Gasteiger partial charge in [-0.15, -0.1) is 0 Å². The quantitative estimate of drug-likeness (QED) is 0.600. The number of anilines is 1. The lowest BCUT2D eigenvalue weighted by Crippen LogP contribution is -2.30. The van der Waals surface area contributed by atoms with Gasteiger partial charge in [0.05, 0.1) is 10.5 Å². The summed E-state index contributed by atoms with van der Waals surface area (Å²) in [5.41, 5.74) is 1.85. The minimum atomic E-state index is -3.08. The minimum absolute atomic E-state index is 0.160. The number of Topliss-reactive ketones (excluding diaryl/α,β-unsaturated/α-hetero) is 1. The van der Waals surface area contributed by atoms with E-state index in [4.69, 9.17) is 0 Å². The van der Waals surface area contributed by atoms with Crippen molar-refractivity contribution in [1.82, 2.24) is 0 Å². The van der Waals surface area contributed by atoms with Gasteiger partial charge in [-0.25, -0.2) is 8.42 Å². The molecule has 2 rings (SSSR count). The first-order valence-electron chi connectivity index (χ1n) is 9.73. The fourth-order valence-corrected chi connectivity index (χ4v) is 4.32. The Kier molecular flexibility index (Phi) is 7.20. The molecule has 1 aromatic rings. The van der Waals surface area contributed by atoms with Crippen LogP contribution in [0.5, 0.6) is 0 Å². The van der Waals surface area contributed by atoms with Crippen molar-refractivity contribution >= 4 is 27.2 Å². The second kappa shape index (κ2) is 9.00. The molecule has 0 aliphatic carbocycles. The number of rotatable bonds is 9. The summed E-state index contributed by atoms with van der Waals surface area (Å²) in [5.74, 6) is 0.507. The molecule has 1 amide bonds. The van der Waals surface area contributed by atoms with E-state index in [0.29, 0.717) is 25.7 Å². The Labute approximate surface area is 163 Å². The molecule has 0 bridgehead atoms. The smallest absolute Gasteiger partial charge is 0.227 e. The Morgan fingerprint density at radius 1 is 1.07 bits per heavy atom. The zero-order chi connectivity index (χ0) is 20.1. The van der Waals surface area contributed by atoms with Gasteiger partial charge in [0.2, 0.25) is 5.91 Å². The summed E-state index contributed by atoms with van der Waals surface area (Å²) in [6, 6.07) is 7.63. The molecule has 0 saturated carbocycles. The van der Waals surface area contributed by atoms with E-state index in [1.807, 2.05) is 24.3 Å². The van der Waals surface area contributed by atoms with Crippen molar-refractivity contribution in [2.45, 2.75) is 70.5 Å². The molecule has 1 saturated heterocycles. The SMILES string of the molecule is CC(C)(C)S(=O)(=O)CCCCCC(=O)Cc1ccc(N2CCCC2=O)cc1. The van der Waals surface area contributed by atoms with Crippen molar-refractivity contribution in [3.8, 4) is 0 Å². The Hall–Kier alpha value is -1.69. The van der Waals surface area contributed by atoms with E-state index in [0.717, 1.165) is 37.1 Å². The predicted molar refractivity (Wildman–Crippen MR) is 109 cm³/mol. The summed E-state index contributed by atoms with van der Waals surface area (Å²) in [6.07, 6.45) is 4.44. The summed E-state index contributed by atoms with van der Waals surface area (Å²) in [7, 11) is -3.08.